The highest BCUT2D eigenvalue weighted by atomic mass is 16.6. The molecule has 4 nitrogen and oxygen atoms in total. The molecule has 0 aliphatic carbocycles. The molecule has 2 rings (SSSR count). The second-order valence-electron chi connectivity index (χ2n) is 5.60. The molecule has 0 unspecified atom stereocenters. The van der Waals surface area contributed by atoms with E-state index in [4.69, 9.17) is 9.84 Å². The van der Waals surface area contributed by atoms with Crippen LogP contribution in [0.1, 0.15) is 26.3 Å². The second kappa shape index (κ2) is 5.51. The zero-order chi connectivity index (χ0) is 14.8. The van der Waals surface area contributed by atoms with Crippen LogP contribution in [0.4, 0.5) is 4.79 Å². The maximum atomic E-state index is 12.1. The van der Waals surface area contributed by atoms with Crippen LogP contribution < -0.4 is 0 Å². The number of ether oxygens (including phenoxy) is 1. The molecule has 4 heteroatoms. The standard InChI is InChI=1S/C16H19NO3/c1-16(2,3)20-15(19)17-10-4-5-14(17)13-8-6-12(11-18)7-9-13/h4-10,18H,11H2,1-3H3. The maximum Gasteiger partial charge on any atom is 0.418 e. The highest BCUT2D eigenvalue weighted by Gasteiger charge is 2.19. The molecule has 0 saturated carbocycles. The van der Waals surface area contributed by atoms with Gasteiger partial charge in [0.1, 0.15) is 5.60 Å². The molecule has 0 saturated heterocycles. The highest BCUT2D eigenvalue weighted by molar-refractivity contribution is 5.78. The second-order valence-corrected chi connectivity index (χ2v) is 5.60. The first-order chi connectivity index (χ1) is 9.40. The SMILES string of the molecule is CC(C)(C)OC(=O)n1cccc1-c1ccc(CO)cc1. The summed E-state index contributed by atoms with van der Waals surface area (Å²) in [5.41, 5.74) is 1.98. The molecule has 0 aliphatic rings. The van der Waals surface area contributed by atoms with Crippen LogP contribution in [0.25, 0.3) is 11.3 Å². The van der Waals surface area contributed by atoms with Crippen LogP contribution in [-0.4, -0.2) is 21.4 Å². The number of aliphatic hydroxyl groups excluding tert-OH is 1. The van der Waals surface area contributed by atoms with E-state index in [-0.39, 0.29) is 6.61 Å². The van der Waals surface area contributed by atoms with Crippen molar-refractivity contribution in [3.8, 4) is 11.3 Å². The van der Waals surface area contributed by atoms with E-state index >= 15 is 0 Å². The molecular weight excluding hydrogens is 254 g/mol. The fraction of sp³-hybridized carbons (Fsp3) is 0.312. The highest BCUT2D eigenvalue weighted by Crippen LogP contribution is 2.22. The van der Waals surface area contributed by atoms with Gasteiger partial charge in [0, 0.05) is 6.20 Å². The van der Waals surface area contributed by atoms with Crippen molar-refractivity contribution in [3.05, 3.63) is 48.2 Å². The van der Waals surface area contributed by atoms with Gasteiger partial charge in [0.05, 0.1) is 12.3 Å². The molecule has 1 aromatic heterocycles. The Morgan fingerprint density at radius 3 is 2.40 bits per heavy atom. The number of aromatic nitrogens is 1. The molecule has 1 heterocycles. The number of aliphatic hydroxyl groups is 1. The van der Waals surface area contributed by atoms with Crippen molar-refractivity contribution in [2.24, 2.45) is 0 Å². The van der Waals surface area contributed by atoms with Gasteiger partial charge < -0.3 is 9.84 Å². The van der Waals surface area contributed by atoms with Crippen molar-refractivity contribution >= 4 is 6.09 Å². The summed E-state index contributed by atoms with van der Waals surface area (Å²) in [6, 6.07) is 11.1. The average Bonchev–Trinajstić information content (AvgIpc) is 2.86. The first-order valence-corrected chi connectivity index (χ1v) is 6.51. The monoisotopic (exact) mass is 273 g/mol. The predicted molar refractivity (Wildman–Crippen MR) is 77.4 cm³/mol. The van der Waals surface area contributed by atoms with Crippen LogP contribution in [0.15, 0.2) is 42.6 Å². The van der Waals surface area contributed by atoms with Gasteiger partial charge in [0.2, 0.25) is 0 Å². The number of nitrogens with zero attached hydrogens (tertiary/aromatic N) is 1. The zero-order valence-corrected chi connectivity index (χ0v) is 12.0. The molecule has 0 radical (unpaired) electrons. The third kappa shape index (κ3) is 3.27. The maximum absolute atomic E-state index is 12.1. The fourth-order valence-electron chi connectivity index (χ4n) is 1.87. The van der Waals surface area contributed by atoms with Crippen LogP contribution >= 0.6 is 0 Å². The summed E-state index contributed by atoms with van der Waals surface area (Å²) in [6.45, 7) is 5.52. The van der Waals surface area contributed by atoms with Gasteiger partial charge in [0.15, 0.2) is 0 Å². The van der Waals surface area contributed by atoms with E-state index in [1.807, 2.05) is 51.1 Å². The third-order valence-corrected chi connectivity index (χ3v) is 2.77. The molecule has 106 valence electrons. The fourth-order valence-corrected chi connectivity index (χ4v) is 1.87. The lowest BCUT2D eigenvalue weighted by atomic mass is 10.1. The number of carbonyl (C=O) groups is 1. The van der Waals surface area contributed by atoms with E-state index in [1.165, 1.54) is 4.57 Å². The Kier molecular flexibility index (Phi) is 3.95. The molecule has 1 aromatic carbocycles. The van der Waals surface area contributed by atoms with E-state index in [0.29, 0.717) is 0 Å². The van der Waals surface area contributed by atoms with Crippen LogP contribution in [0.2, 0.25) is 0 Å². The third-order valence-electron chi connectivity index (χ3n) is 2.77. The quantitative estimate of drug-likeness (QED) is 0.912. The molecular formula is C16H19NO3. The number of benzene rings is 1. The first kappa shape index (κ1) is 14.3. The van der Waals surface area contributed by atoms with Crippen molar-refractivity contribution in [2.45, 2.75) is 33.0 Å². The van der Waals surface area contributed by atoms with E-state index < -0.39 is 11.7 Å². The average molecular weight is 273 g/mol. The largest absolute Gasteiger partial charge is 0.443 e. The van der Waals surface area contributed by atoms with Gasteiger partial charge in [-0.15, -0.1) is 0 Å². The first-order valence-electron chi connectivity index (χ1n) is 6.51. The Morgan fingerprint density at radius 2 is 1.85 bits per heavy atom. The van der Waals surface area contributed by atoms with Gasteiger partial charge in [0.25, 0.3) is 0 Å². The number of carbonyl (C=O) groups excluding carboxylic acids is 1. The lowest BCUT2D eigenvalue weighted by Gasteiger charge is -2.20. The van der Waals surface area contributed by atoms with Crippen LogP contribution in [0.5, 0.6) is 0 Å². The summed E-state index contributed by atoms with van der Waals surface area (Å²) in [5.74, 6) is 0. The normalized spacial score (nSPS) is 11.4. The van der Waals surface area contributed by atoms with Gasteiger partial charge in [-0.25, -0.2) is 4.79 Å². The van der Waals surface area contributed by atoms with E-state index in [2.05, 4.69) is 0 Å². The van der Waals surface area contributed by atoms with Crippen LogP contribution in [0, 0.1) is 0 Å². The molecule has 0 atom stereocenters. The van der Waals surface area contributed by atoms with Gasteiger partial charge in [-0.05, 0) is 44.0 Å². The van der Waals surface area contributed by atoms with Crippen molar-refractivity contribution in [1.29, 1.82) is 0 Å². The predicted octanol–water partition coefficient (Wildman–Crippen LogP) is 3.43. The Hall–Kier alpha value is -2.07. The summed E-state index contributed by atoms with van der Waals surface area (Å²) >= 11 is 0. The molecule has 20 heavy (non-hydrogen) atoms. The minimum atomic E-state index is -0.528. The summed E-state index contributed by atoms with van der Waals surface area (Å²) in [5, 5.41) is 9.05. The van der Waals surface area contributed by atoms with Crippen molar-refractivity contribution in [3.63, 3.8) is 0 Å². The van der Waals surface area contributed by atoms with E-state index in [0.717, 1.165) is 16.8 Å². The van der Waals surface area contributed by atoms with Gasteiger partial charge in [-0.3, -0.25) is 4.57 Å². The molecule has 0 spiro atoms. The van der Waals surface area contributed by atoms with Crippen molar-refractivity contribution in [2.75, 3.05) is 0 Å². The van der Waals surface area contributed by atoms with Crippen LogP contribution in [0.3, 0.4) is 0 Å². The van der Waals surface area contributed by atoms with E-state index in [9.17, 15) is 4.79 Å². The number of hydrogen-bond acceptors (Lipinski definition) is 3. The topological polar surface area (TPSA) is 51.5 Å². The van der Waals surface area contributed by atoms with Crippen LogP contribution in [-0.2, 0) is 11.3 Å². The van der Waals surface area contributed by atoms with Gasteiger partial charge >= 0.3 is 6.09 Å². The molecule has 0 bridgehead atoms. The van der Waals surface area contributed by atoms with Gasteiger partial charge in [-0.2, -0.15) is 0 Å². The smallest absolute Gasteiger partial charge is 0.418 e. The van der Waals surface area contributed by atoms with Crippen molar-refractivity contribution < 1.29 is 14.6 Å². The zero-order valence-electron chi connectivity index (χ0n) is 12.0. The molecule has 0 aliphatic heterocycles. The van der Waals surface area contributed by atoms with Crippen molar-refractivity contribution in [1.82, 2.24) is 4.57 Å². The summed E-state index contributed by atoms with van der Waals surface area (Å²) in [6.07, 6.45) is 1.28. The lowest BCUT2D eigenvalue weighted by Crippen LogP contribution is -2.27. The number of rotatable bonds is 2. The Bertz CT molecular complexity index is 591. The molecule has 0 amide bonds. The summed E-state index contributed by atoms with van der Waals surface area (Å²) in [7, 11) is 0. The Morgan fingerprint density at radius 1 is 1.20 bits per heavy atom. The Balaban J connectivity index is 2.30. The minimum absolute atomic E-state index is 0.00730. The Labute approximate surface area is 118 Å². The summed E-state index contributed by atoms with van der Waals surface area (Å²) < 4.78 is 6.86. The van der Waals surface area contributed by atoms with E-state index in [1.54, 1.807) is 12.3 Å². The minimum Gasteiger partial charge on any atom is -0.443 e. The molecule has 0 fully saturated rings. The number of hydrogen-bond donors (Lipinski definition) is 1. The lowest BCUT2D eigenvalue weighted by molar-refractivity contribution is 0.0540. The molecule has 1 N–H and O–H groups in total. The van der Waals surface area contributed by atoms with Gasteiger partial charge in [-0.1, -0.05) is 24.3 Å². The molecule has 2 aromatic rings. The summed E-state index contributed by atoms with van der Waals surface area (Å²) in [4.78, 5) is 12.1.